The maximum absolute atomic E-state index is 13.0. The molecule has 2 aliphatic heterocycles. The van der Waals surface area contributed by atoms with E-state index < -0.39 is 10.0 Å². The van der Waals surface area contributed by atoms with Crippen LogP contribution in [-0.4, -0.2) is 51.0 Å². The number of hydrogen-bond acceptors (Lipinski definition) is 5. The molecule has 1 fully saturated rings. The van der Waals surface area contributed by atoms with Crippen molar-refractivity contribution in [3.05, 3.63) is 54.1 Å². The van der Waals surface area contributed by atoms with E-state index in [4.69, 9.17) is 9.47 Å². The van der Waals surface area contributed by atoms with Crippen LogP contribution in [0.5, 0.6) is 11.5 Å². The average Bonchev–Trinajstić information content (AvgIpc) is 3.06. The predicted octanol–water partition coefficient (Wildman–Crippen LogP) is 1.65. The quantitative estimate of drug-likeness (QED) is 0.864. The van der Waals surface area contributed by atoms with Crippen LogP contribution in [0.2, 0.25) is 0 Å². The molecule has 0 bridgehead atoms. The Bertz CT molecular complexity index is 976. The fourth-order valence-electron chi connectivity index (χ4n) is 3.56. The van der Waals surface area contributed by atoms with Crippen molar-refractivity contribution in [3.63, 3.8) is 0 Å². The average molecular weight is 388 g/mol. The third kappa shape index (κ3) is 3.26. The molecule has 2 aliphatic rings. The molecule has 0 aromatic heterocycles. The molecule has 0 radical (unpaired) electrons. The molecule has 2 heterocycles. The second-order valence-corrected chi connectivity index (χ2v) is 8.48. The minimum atomic E-state index is -3.66. The van der Waals surface area contributed by atoms with E-state index in [-0.39, 0.29) is 36.0 Å². The molecule has 0 aliphatic carbocycles. The molecule has 8 heteroatoms. The van der Waals surface area contributed by atoms with Gasteiger partial charge in [-0.05, 0) is 36.8 Å². The van der Waals surface area contributed by atoms with E-state index >= 15 is 0 Å². The number of methoxy groups -OCH3 is 1. The van der Waals surface area contributed by atoms with Gasteiger partial charge in [0, 0.05) is 18.2 Å². The number of ether oxygens (including phenoxy) is 2. The van der Waals surface area contributed by atoms with E-state index in [0.717, 1.165) is 0 Å². The molecule has 1 amide bonds. The highest BCUT2D eigenvalue weighted by atomic mass is 32.2. The summed E-state index contributed by atoms with van der Waals surface area (Å²) >= 11 is 0. The number of nitrogens with zero attached hydrogens (tertiary/aromatic N) is 1. The normalized spacial score (nSPS) is 23.4. The highest BCUT2D eigenvalue weighted by Gasteiger charge is 2.44. The van der Waals surface area contributed by atoms with Crippen LogP contribution >= 0.6 is 0 Å². The maximum Gasteiger partial charge on any atom is 0.251 e. The monoisotopic (exact) mass is 388 g/mol. The van der Waals surface area contributed by atoms with E-state index in [1.54, 1.807) is 48.5 Å². The van der Waals surface area contributed by atoms with Crippen molar-refractivity contribution >= 4 is 15.9 Å². The Hall–Kier alpha value is -2.58. The van der Waals surface area contributed by atoms with Gasteiger partial charge in [-0.25, -0.2) is 8.42 Å². The summed E-state index contributed by atoms with van der Waals surface area (Å²) in [7, 11) is -2.12. The minimum Gasteiger partial charge on any atom is -0.497 e. The van der Waals surface area contributed by atoms with Gasteiger partial charge in [0.05, 0.1) is 13.2 Å². The van der Waals surface area contributed by atoms with Gasteiger partial charge in [-0.2, -0.15) is 4.31 Å². The zero-order valence-electron chi connectivity index (χ0n) is 14.8. The standard InChI is InChI=1S/C19H20N2O5S/c1-25-16-6-4-5-13(9-16)19(22)20-14-10-15-12-26-17-7-2-3-8-18(17)27(23,24)21(15)11-14/h2-9,14-15H,10-12H2,1H3,(H,20,22)/t14-,15-/m0/s1. The molecule has 0 saturated carbocycles. The summed E-state index contributed by atoms with van der Waals surface area (Å²) in [6, 6.07) is 12.9. The Morgan fingerprint density at radius 2 is 2.04 bits per heavy atom. The largest absolute Gasteiger partial charge is 0.497 e. The van der Waals surface area contributed by atoms with Gasteiger partial charge in [0.15, 0.2) is 0 Å². The topological polar surface area (TPSA) is 84.9 Å². The van der Waals surface area contributed by atoms with Crippen molar-refractivity contribution in [2.24, 2.45) is 0 Å². The molecular formula is C19H20N2O5S. The lowest BCUT2D eigenvalue weighted by molar-refractivity contribution is 0.0938. The molecule has 0 unspecified atom stereocenters. The summed E-state index contributed by atoms with van der Waals surface area (Å²) in [5.74, 6) is 0.717. The zero-order valence-corrected chi connectivity index (χ0v) is 15.6. The lowest BCUT2D eigenvalue weighted by Gasteiger charge is -2.19. The number of amides is 1. The van der Waals surface area contributed by atoms with Crippen LogP contribution in [0, 0.1) is 0 Å². The zero-order chi connectivity index (χ0) is 19.0. The number of carbonyl (C=O) groups excluding carboxylic acids is 1. The van der Waals surface area contributed by atoms with Crippen LogP contribution in [0.1, 0.15) is 16.8 Å². The molecule has 2 atom stereocenters. The predicted molar refractivity (Wildman–Crippen MR) is 98.5 cm³/mol. The molecule has 2 aromatic carbocycles. The number of sulfonamides is 1. The maximum atomic E-state index is 13.0. The third-order valence-corrected chi connectivity index (χ3v) is 6.86. The number of para-hydroxylation sites is 1. The van der Waals surface area contributed by atoms with Gasteiger partial charge in [0.2, 0.25) is 10.0 Å². The van der Waals surface area contributed by atoms with Crippen LogP contribution in [0.4, 0.5) is 0 Å². The van der Waals surface area contributed by atoms with Crippen LogP contribution in [0.15, 0.2) is 53.4 Å². The smallest absolute Gasteiger partial charge is 0.251 e. The molecule has 142 valence electrons. The van der Waals surface area contributed by atoms with Crippen LogP contribution in [0.3, 0.4) is 0 Å². The van der Waals surface area contributed by atoms with Crippen molar-refractivity contribution < 1.29 is 22.7 Å². The van der Waals surface area contributed by atoms with Gasteiger partial charge in [0.25, 0.3) is 5.91 Å². The summed E-state index contributed by atoms with van der Waals surface area (Å²) in [5, 5.41) is 2.93. The van der Waals surface area contributed by atoms with Gasteiger partial charge in [-0.3, -0.25) is 4.79 Å². The first-order chi connectivity index (χ1) is 13.0. The Balaban J connectivity index is 1.52. The third-order valence-electron chi connectivity index (χ3n) is 4.90. The van der Waals surface area contributed by atoms with E-state index in [2.05, 4.69) is 5.32 Å². The van der Waals surface area contributed by atoms with Gasteiger partial charge in [-0.1, -0.05) is 18.2 Å². The van der Waals surface area contributed by atoms with Crippen LogP contribution < -0.4 is 14.8 Å². The Morgan fingerprint density at radius 3 is 2.85 bits per heavy atom. The fourth-order valence-corrected chi connectivity index (χ4v) is 5.36. The second-order valence-electron chi connectivity index (χ2n) is 6.62. The molecule has 2 aromatic rings. The molecule has 7 nitrogen and oxygen atoms in total. The molecule has 4 rings (SSSR count). The minimum absolute atomic E-state index is 0.173. The van der Waals surface area contributed by atoms with Crippen molar-refractivity contribution in [1.82, 2.24) is 9.62 Å². The number of fused-ring (bicyclic) bond motifs is 2. The van der Waals surface area contributed by atoms with E-state index in [1.165, 1.54) is 11.4 Å². The van der Waals surface area contributed by atoms with Crippen molar-refractivity contribution in [2.75, 3.05) is 20.3 Å². The molecule has 1 saturated heterocycles. The van der Waals surface area contributed by atoms with Gasteiger partial charge in [-0.15, -0.1) is 0 Å². The number of nitrogens with one attached hydrogen (secondary N) is 1. The molecule has 0 spiro atoms. The van der Waals surface area contributed by atoms with Crippen LogP contribution in [0.25, 0.3) is 0 Å². The summed E-state index contributed by atoms with van der Waals surface area (Å²) in [6.45, 7) is 0.488. The summed E-state index contributed by atoms with van der Waals surface area (Å²) in [6.07, 6.45) is 0.503. The summed E-state index contributed by atoms with van der Waals surface area (Å²) in [5.41, 5.74) is 0.473. The Labute approximate surface area is 157 Å². The lowest BCUT2D eigenvalue weighted by atomic mass is 10.1. The fraction of sp³-hybridized carbons (Fsp3) is 0.316. The molecule has 1 N–H and O–H groups in total. The Kier molecular flexibility index (Phi) is 4.53. The highest BCUT2D eigenvalue weighted by Crippen LogP contribution is 2.35. The molecule has 27 heavy (non-hydrogen) atoms. The van der Waals surface area contributed by atoms with E-state index in [0.29, 0.717) is 23.5 Å². The highest BCUT2D eigenvalue weighted by molar-refractivity contribution is 7.89. The first-order valence-corrected chi connectivity index (χ1v) is 10.1. The number of carbonyl (C=O) groups is 1. The summed E-state index contributed by atoms with van der Waals surface area (Å²) < 4.78 is 38.3. The van der Waals surface area contributed by atoms with Crippen molar-refractivity contribution in [2.45, 2.75) is 23.4 Å². The van der Waals surface area contributed by atoms with Gasteiger partial charge >= 0.3 is 0 Å². The first-order valence-electron chi connectivity index (χ1n) is 8.67. The number of rotatable bonds is 3. The van der Waals surface area contributed by atoms with Gasteiger partial charge < -0.3 is 14.8 Å². The van der Waals surface area contributed by atoms with Crippen LogP contribution in [-0.2, 0) is 10.0 Å². The van der Waals surface area contributed by atoms with Crippen molar-refractivity contribution in [3.8, 4) is 11.5 Å². The number of benzene rings is 2. The lowest BCUT2D eigenvalue weighted by Crippen LogP contribution is -2.39. The first kappa shape index (κ1) is 17.8. The van der Waals surface area contributed by atoms with E-state index in [9.17, 15) is 13.2 Å². The van der Waals surface area contributed by atoms with Crippen molar-refractivity contribution in [1.29, 1.82) is 0 Å². The number of hydrogen-bond donors (Lipinski definition) is 1. The summed E-state index contributed by atoms with van der Waals surface area (Å²) in [4.78, 5) is 12.7. The van der Waals surface area contributed by atoms with Gasteiger partial charge in [0.1, 0.15) is 23.0 Å². The van der Waals surface area contributed by atoms with E-state index in [1.807, 2.05) is 0 Å². The Morgan fingerprint density at radius 1 is 1.22 bits per heavy atom. The molecular weight excluding hydrogens is 368 g/mol. The SMILES string of the molecule is COc1cccc(C(=O)N[C@H]2C[C@H]3COc4ccccc4S(=O)(=O)N3C2)c1. The second kappa shape index (κ2) is 6.86.